The third kappa shape index (κ3) is 4.86. The van der Waals surface area contributed by atoms with Crippen molar-refractivity contribution in [1.29, 1.82) is 0 Å². The molecule has 1 heterocycles. The second kappa shape index (κ2) is 8.00. The summed E-state index contributed by atoms with van der Waals surface area (Å²) >= 11 is 6.50. The van der Waals surface area contributed by atoms with Crippen LogP contribution in [0.1, 0.15) is 58.4 Å². The Morgan fingerprint density at radius 2 is 2.19 bits per heavy atom. The Labute approximate surface area is 134 Å². The molecule has 0 aromatic carbocycles. The van der Waals surface area contributed by atoms with Gasteiger partial charge >= 0.3 is 0 Å². The largest absolute Gasteiger partial charge is 0.353 e. The zero-order valence-electron chi connectivity index (χ0n) is 13.5. The average Bonchev–Trinajstić information content (AvgIpc) is 3.31. The van der Waals surface area contributed by atoms with Crippen LogP contribution >= 0.6 is 11.6 Å². The maximum atomic E-state index is 6.50. The standard InChI is InChI=1S/C17H28ClN3/c1-4-6-9-21(13(3)5-2)17-16(18)10-14(12-20-17)11-19-15-7-8-15/h10,12-13,15,19H,4-9,11H2,1-3H3. The molecule has 0 saturated heterocycles. The van der Waals surface area contributed by atoms with Gasteiger partial charge in [0.25, 0.3) is 0 Å². The summed E-state index contributed by atoms with van der Waals surface area (Å²) in [7, 11) is 0. The van der Waals surface area contributed by atoms with Crippen LogP contribution in [0, 0.1) is 0 Å². The van der Waals surface area contributed by atoms with Crippen LogP contribution in [-0.2, 0) is 6.54 Å². The summed E-state index contributed by atoms with van der Waals surface area (Å²) in [5.74, 6) is 0.939. The summed E-state index contributed by atoms with van der Waals surface area (Å²) in [5.41, 5.74) is 1.18. The fraction of sp³-hybridized carbons (Fsp3) is 0.706. The van der Waals surface area contributed by atoms with E-state index in [2.05, 4.69) is 42.0 Å². The Hall–Kier alpha value is -0.800. The lowest BCUT2D eigenvalue weighted by atomic mass is 10.2. The zero-order chi connectivity index (χ0) is 15.2. The van der Waals surface area contributed by atoms with E-state index in [1.54, 1.807) is 0 Å². The Balaban J connectivity index is 2.07. The molecule has 1 atom stereocenters. The van der Waals surface area contributed by atoms with Gasteiger partial charge < -0.3 is 10.2 Å². The first-order valence-corrected chi connectivity index (χ1v) is 8.67. The summed E-state index contributed by atoms with van der Waals surface area (Å²) in [5, 5.41) is 4.28. The van der Waals surface area contributed by atoms with E-state index >= 15 is 0 Å². The molecular weight excluding hydrogens is 282 g/mol. The molecule has 0 radical (unpaired) electrons. The van der Waals surface area contributed by atoms with Gasteiger partial charge in [0.05, 0.1) is 5.02 Å². The minimum atomic E-state index is 0.469. The summed E-state index contributed by atoms with van der Waals surface area (Å²) in [6, 6.07) is 3.25. The van der Waals surface area contributed by atoms with Gasteiger partial charge in [0.2, 0.25) is 0 Å². The van der Waals surface area contributed by atoms with Gasteiger partial charge in [0.1, 0.15) is 5.82 Å². The summed E-state index contributed by atoms with van der Waals surface area (Å²) < 4.78 is 0. The lowest BCUT2D eigenvalue weighted by Crippen LogP contribution is -2.34. The second-order valence-electron chi connectivity index (χ2n) is 6.11. The number of pyridine rings is 1. The van der Waals surface area contributed by atoms with Crippen LogP contribution in [0.25, 0.3) is 0 Å². The predicted octanol–water partition coefficient (Wildman–Crippen LogP) is 4.39. The predicted molar refractivity (Wildman–Crippen MR) is 91.1 cm³/mol. The molecule has 118 valence electrons. The van der Waals surface area contributed by atoms with Gasteiger partial charge in [-0.1, -0.05) is 31.9 Å². The van der Waals surface area contributed by atoms with Crippen LogP contribution in [0.5, 0.6) is 0 Å². The van der Waals surface area contributed by atoms with E-state index < -0.39 is 0 Å². The second-order valence-corrected chi connectivity index (χ2v) is 6.52. The SMILES string of the molecule is CCCCN(c1ncc(CNC2CC2)cc1Cl)C(C)CC. The van der Waals surface area contributed by atoms with E-state index in [-0.39, 0.29) is 0 Å². The Morgan fingerprint density at radius 1 is 1.43 bits per heavy atom. The molecule has 2 rings (SSSR count). The summed E-state index contributed by atoms with van der Waals surface area (Å²) in [6.07, 6.45) is 8.04. The lowest BCUT2D eigenvalue weighted by Gasteiger charge is -2.30. The highest BCUT2D eigenvalue weighted by Gasteiger charge is 2.21. The first-order valence-electron chi connectivity index (χ1n) is 8.30. The highest BCUT2D eigenvalue weighted by molar-refractivity contribution is 6.33. The van der Waals surface area contributed by atoms with Crippen LogP contribution in [-0.4, -0.2) is 23.6 Å². The number of hydrogen-bond acceptors (Lipinski definition) is 3. The van der Waals surface area contributed by atoms with Gasteiger partial charge in [0.15, 0.2) is 0 Å². The summed E-state index contributed by atoms with van der Waals surface area (Å²) in [6.45, 7) is 8.58. The third-order valence-electron chi connectivity index (χ3n) is 4.20. The van der Waals surface area contributed by atoms with Crippen molar-refractivity contribution in [3.63, 3.8) is 0 Å². The fourth-order valence-electron chi connectivity index (χ4n) is 2.41. The molecule has 1 N–H and O–H groups in total. The molecule has 0 bridgehead atoms. The normalized spacial score (nSPS) is 16.0. The number of rotatable bonds is 9. The van der Waals surface area contributed by atoms with Crippen molar-refractivity contribution in [3.05, 3.63) is 22.8 Å². The van der Waals surface area contributed by atoms with Crippen molar-refractivity contribution in [2.75, 3.05) is 11.4 Å². The molecule has 0 amide bonds. The van der Waals surface area contributed by atoms with E-state index in [0.29, 0.717) is 12.1 Å². The van der Waals surface area contributed by atoms with Crippen LogP contribution in [0.15, 0.2) is 12.3 Å². The van der Waals surface area contributed by atoms with Crippen molar-refractivity contribution < 1.29 is 0 Å². The Bertz CT molecular complexity index is 446. The maximum absolute atomic E-state index is 6.50. The maximum Gasteiger partial charge on any atom is 0.147 e. The fourth-order valence-corrected chi connectivity index (χ4v) is 2.71. The van der Waals surface area contributed by atoms with Gasteiger partial charge in [0, 0.05) is 31.4 Å². The van der Waals surface area contributed by atoms with E-state index in [0.717, 1.165) is 30.4 Å². The molecule has 0 aliphatic heterocycles. The highest BCUT2D eigenvalue weighted by atomic mass is 35.5. The van der Waals surface area contributed by atoms with E-state index in [1.807, 2.05) is 6.20 Å². The number of hydrogen-bond donors (Lipinski definition) is 1. The average molecular weight is 310 g/mol. The molecule has 1 aliphatic rings. The van der Waals surface area contributed by atoms with E-state index in [4.69, 9.17) is 11.6 Å². The number of nitrogens with one attached hydrogen (secondary N) is 1. The third-order valence-corrected chi connectivity index (χ3v) is 4.48. The first-order chi connectivity index (χ1) is 10.2. The Morgan fingerprint density at radius 3 is 2.76 bits per heavy atom. The highest BCUT2D eigenvalue weighted by Crippen LogP contribution is 2.27. The van der Waals surface area contributed by atoms with Crippen LogP contribution in [0.3, 0.4) is 0 Å². The van der Waals surface area contributed by atoms with Crippen molar-refractivity contribution >= 4 is 17.4 Å². The molecule has 1 fully saturated rings. The molecule has 1 aromatic rings. The Kier molecular flexibility index (Phi) is 6.31. The molecule has 4 heteroatoms. The smallest absolute Gasteiger partial charge is 0.147 e. The number of aromatic nitrogens is 1. The van der Waals surface area contributed by atoms with Crippen molar-refractivity contribution in [2.45, 2.75) is 71.5 Å². The van der Waals surface area contributed by atoms with Gasteiger partial charge in [-0.3, -0.25) is 0 Å². The van der Waals surface area contributed by atoms with Gasteiger partial charge in [-0.2, -0.15) is 0 Å². The molecule has 1 aliphatic carbocycles. The lowest BCUT2D eigenvalue weighted by molar-refractivity contribution is 0.589. The molecule has 1 unspecified atom stereocenters. The quantitative estimate of drug-likeness (QED) is 0.733. The minimum Gasteiger partial charge on any atom is -0.353 e. The number of unbranched alkanes of at least 4 members (excludes halogenated alkanes) is 1. The molecule has 21 heavy (non-hydrogen) atoms. The van der Waals surface area contributed by atoms with Gasteiger partial charge in [-0.15, -0.1) is 0 Å². The van der Waals surface area contributed by atoms with Gasteiger partial charge in [-0.05, 0) is 44.2 Å². The first kappa shape index (κ1) is 16.6. The van der Waals surface area contributed by atoms with Crippen molar-refractivity contribution in [3.8, 4) is 0 Å². The molecule has 1 saturated carbocycles. The minimum absolute atomic E-state index is 0.469. The van der Waals surface area contributed by atoms with Crippen LogP contribution in [0.2, 0.25) is 5.02 Å². The van der Waals surface area contributed by atoms with Crippen LogP contribution in [0.4, 0.5) is 5.82 Å². The molecule has 0 spiro atoms. The summed E-state index contributed by atoms with van der Waals surface area (Å²) in [4.78, 5) is 7.00. The monoisotopic (exact) mass is 309 g/mol. The molecular formula is C17H28ClN3. The zero-order valence-corrected chi connectivity index (χ0v) is 14.3. The number of anilines is 1. The van der Waals surface area contributed by atoms with Crippen molar-refractivity contribution in [1.82, 2.24) is 10.3 Å². The van der Waals surface area contributed by atoms with Crippen LogP contribution < -0.4 is 10.2 Å². The topological polar surface area (TPSA) is 28.2 Å². The number of halogens is 1. The molecule has 1 aromatic heterocycles. The van der Waals surface area contributed by atoms with E-state index in [9.17, 15) is 0 Å². The number of nitrogens with zero attached hydrogens (tertiary/aromatic N) is 2. The van der Waals surface area contributed by atoms with Crippen molar-refractivity contribution in [2.24, 2.45) is 0 Å². The van der Waals surface area contributed by atoms with Gasteiger partial charge in [-0.25, -0.2) is 4.98 Å². The molecule has 3 nitrogen and oxygen atoms in total. The van der Waals surface area contributed by atoms with E-state index in [1.165, 1.54) is 31.2 Å².